The Bertz CT molecular complexity index is 593. The van der Waals surface area contributed by atoms with Crippen LogP contribution in [-0.2, 0) is 10.0 Å². The summed E-state index contributed by atoms with van der Waals surface area (Å²) < 4.78 is 26.6. The topological polar surface area (TPSA) is 66.1 Å². The van der Waals surface area contributed by atoms with Crippen molar-refractivity contribution >= 4 is 38.3 Å². The fraction of sp³-hybridized carbons (Fsp3) is 0.100. The van der Waals surface area contributed by atoms with E-state index in [9.17, 15) is 8.42 Å². The molecule has 1 heterocycles. The molecule has 5 nitrogen and oxygen atoms in total. The van der Waals surface area contributed by atoms with Crippen LogP contribution >= 0.6 is 22.6 Å². The van der Waals surface area contributed by atoms with Gasteiger partial charge in [-0.15, -0.1) is 0 Å². The van der Waals surface area contributed by atoms with Crippen molar-refractivity contribution in [2.45, 2.75) is 4.90 Å². The minimum Gasteiger partial charge on any atom is -0.284 e. The predicted molar refractivity (Wildman–Crippen MR) is 73.3 cm³/mol. The fourth-order valence-corrected chi connectivity index (χ4v) is 2.79. The fourth-order valence-electron chi connectivity index (χ4n) is 1.33. The van der Waals surface area contributed by atoms with Crippen molar-refractivity contribution in [3.63, 3.8) is 0 Å². The number of nitrogens with zero attached hydrogens (tertiary/aromatic N) is 2. The van der Waals surface area contributed by atoms with Crippen LogP contribution in [0.5, 0.6) is 0 Å². The Morgan fingerprint density at radius 1 is 1.29 bits per heavy atom. The second kappa shape index (κ2) is 4.65. The Kier molecular flexibility index (Phi) is 3.38. The Morgan fingerprint density at radius 2 is 1.94 bits per heavy atom. The summed E-state index contributed by atoms with van der Waals surface area (Å²) in [5.74, 6) is 0. The maximum Gasteiger partial charge on any atom is 0.267 e. The maximum atomic E-state index is 12.1. The quantitative estimate of drug-likeness (QED) is 0.847. The lowest BCUT2D eigenvalue weighted by atomic mass is 10.3. The van der Waals surface area contributed by atoms with Crippen molar-refractivity contribution in [3.05, 3.63) is 40.2 Å². The third-order valence-corrected chi connectivity index (χ3v) is 4.79. The lowest BCUT2D eigenvalue weighted by molar-refractivity contribution is 0.594. The van der Waals surface area contributed by atoms with Gasteiger partial charge in [-0.3, -0.25) is 9.40 Å². The molecule has 1 aromatic carbocycles. The van der Waals surface area contributed by atoms with Gasteiger partial charge in [-0.2, -0.15) is 5.10 Å². The zero-order chi connectivity index (χ0) is 12.5. The Balaban J connectivity index is 2.38. The molecule has 17 heavy (non-hydrogen) atoms. The number of hydrogen-bond donors (Lipinski definition) is 1. The summed E-state index contributed by atoms with van der Waals surface area (Å²) in [4.78, 5) is 0.151. The molecule has 1 aromatic heterocycles. The van der Waals surface area contributed by atoms with E-state index in [0.717, 1.165) is 3.57 Å². The van der Waals surface area contributed by atoms with Crippen LogP contribution in [0.3, 0.4) is 0 Å². The molecule has 1 N–H and O–H groups in total. The van der Waals surface area contributed by atoms with Crippen LogP contribution in [0.25, 0.3) is 0 Å². The highest BCUT2D eigenvalue weighted by Crippen LogP contribution is 2.21. The average molecular weight is 363 g/mol. The summed E-state index contributed by atoms with van der Waals surface area (Å²) in [6.45, 7) is 0. The van der Waals surface area contributed by atoms with Crippen LogP contribution in [0.4, 0.5) is 5.69 Å². The molecule has 0 radical (unpaired) electrons. The molecule has 0 bridgehead atoms. The standard InChI is InChI=1S/C10H10IN3O2S/c1-14(9-4-2-8(11)3-5-9)17(15,16)10-6-12-13-7-10/h2-7H,1H3,(H,12,13). The number of hydrogen-bond acceptors (Lipinski definition) is 3. The zero-order valence-electron chi connectivity index (χ0n) is 8.96. The lowest BCUT2D eigenvalue weighted by Gasteiger charge is -2.18. The van der Waals surface area contributed by atoms with Gasteiger partial charge in [0.15, 0.2) is 0 Å². The second-order valence-corrected chi connectivity index (χ2v) is 6.60. The SMILES string of the molecule is CN(c1ccc(I)cc1)S(=O)(=O)c1cn[nH]c1. The van der Waals surface area contributed by atoms with Crippen LogP contribution < -0.4 is 4.31 Å². The van der Waals surface area contributed by atoms with Crippen LogP contribution in [0.2, 0.25) is 0 Å². The number of halogens is 1. The first-order valence-corrected chi connectivity index (χ1v) is 7.27. The third kappa shape index (κ3) is 2.44. The van der Waals surface area contributed by atoms with Gasteiger partial charge in [-0.1, -0.05) is 0 Å². The Labute approximate surface area is 113 Å². The number of H-pyrrole nitrogens is 1. The number of aromatic amines is 1. The molecule has 0 saturated heterocycles. The van der Waals surface area contributed by atoms with Gasteiger partial charge in [0.1, 0.15) is 4.90 Å². The van der Waals surface area contributed by atoms with Crippen molar-refractivity contribution in [2.75, 3.05) is 11.4 Å². The molecule has 0 unspecified atom stereocenters. The first kappa shape index (κ1) is 12.4. The van der Waals surface area contributed by atoms with Gasteiger partial charge in [0, 0.05) is 16.8 Å². The number of sulfonamides is 1. The predicted octanol–water partition coefficient (Wildman–Crippen LogP) is 1.84. The minimum absolute atomic E-state index is 0.151. The van der Waals surface area contributed by atoms with E-state index >= 15 is 0 Å². The van der Waals surface area contributed by atoms with E-state index in [4.69, 9.17) is 0 Å². The van der Waals surface area contributed by atoms with Crippen LogP contribution in [-0.4, -0.2) is 25.7 Å². The van der Waals surface area contributed by atoms with E-state index in [2.05, 4.69) is 32.8 Å². The van der Waals surface area contributed by atoms with E-state index in [-0.39, 0.29) is 4.90 Å². The smallest absolute Gasteiger partial charge is 0.267 e. The molecule has 0 aliphatic heterocycles. The summed E-state index contributed by atoms with van der Waals surface area (Å²) in [6.07, 6.45) is 2.65. The molecule has 0 aliphatic carbocycles. The highest BCUT2D eigenvalue weighted by molar-refractivity contribution is 14.1. The van der Waals surface area contributed by atoms with Crippen molar-refractivity contribution in [1.82, 2.24) is 10.2 Å². The zero-order valence-corrected chi connectivity index (χ0v) is 11.9. The molecule has 0 fully saturated rings. The van der Waals surface area contributed by atoms with E-state index < -0.39 is 10.0 Å². The molecule has 7 heteroatoms. The van der Waals surface area contributed by atoms with E-state index in [1.54, 1.807) is 12.1 Å². The van der Waals surface area contributed by atoms with Gasteiger partial charge < -0.3 is 0 Å². The normalized spacial score (nSPS) is 11.4. The molecular weight excluding hydrogens is 353 g/mol. The maximum absolute atomic E-state index is 12.1. The molecule has 0 spiro atoms. The number of rotatable bonds is 3. The summed E-state index contributed by atoms with van der Waals surface area (Å²) in [7, 11) is -2.01. The van der Waals surface area contributed by atoms with Crippen molar-refractivity contribution in [1.29, 1.82) is 0 Å². The van der Waals surface area contributed by atoms with Gasteiger partial charge >= 0.3 is 0 Å². The molecule has 0 amide bonds. The average Bonchev–Trinajstić information content (AvgIpc) is 2.83. The van der Waals surface area contributed by atoms with Crippen LogP contribution in [0, 0.1) is 3.57 Å². The number of benzene rings is 1. The molecule has 0 atom stereocenters. The first-order valence-electron chi connectivity index (χ1n) is 4.75. The molecule has 90 valence electrons. The Hall–Kier alpha value is -1.09. The largest absolute Gasteiger partial charge is 0.284 e. The number of aromatic nitrogens is 2. The number of anilines is 1. The van der Waals surface area contributed by atoms with Crippen LogP contribution in [0.15, 0.2) is 41.6 Å². The van der Waals surface area contributed by atoms with E-state index in [1.165, 1.54) is 23.7 Å². The van der Waals surface area contributed by atoms with E-state index in [0.29, 0.717) is 5.69 Å². The molecule has 0 aliphatic rings. The number of nitrogens with one attached hydrogen (secondary N) is 1. The highest BCUT2D eigenvalue weighted by atomic mass is 127. The molecule has 0 saturated carbocycles. The Morgan fingerprint density at radius 3 is 2.47 bits per heavy atom. The third-order valence-electron chi connectivity index (χ3n) is 2.32. The van der Waals surface area contributed by atoms with Crippen LogP contribution in [0.1, 0.15) is 0 Å². The molecule has 2 rings (SSSR count). The summed E-state index contributed by atoms with van der Waals surface area (Å²) in [5.41, 5.74) is 0.617. The lowest BCUT2D eigenvalue weighted by Crippen LogP contribution is -2.26. The van der Waals surface area contributed by atoms with Gasteiger partial charge in [-0.25, -0.2) is 8.42 Å². The monoisotopic (exact) mass is 363 g/mol. The summed E-state index contributed by atoms with van der Waals surface area (Å²) >= 11 is 2.17. The van der Waals surface area contributed by atoms with Crippen molar-refractivity contribution in [2.24, 2.45) is 0 Å². The van der Waals surface area contributed by atoms with Gasteiger partial charge in [0.2, 0.25) is 0 Å². The van der Waals surface area contributed by atoms with E-state index in [1.807, 2.05) is 12.1 Å². The van der Waals surface area contributed by atoms with Gasteiger partial charge in [0.25, 0.3) is 10.0 Å². The summed E-state index contributed by atoms with van der Waals surface area (Å²) in [5, 5.41) is 6.14. The van der Waals surface area contributed by atoms with Crippen molar-refractivity contribution in [3.8, 4) is 0 Å². The highest BCUT2D eigenvalue weighted by Gasteiger charge is 2.21. The van der Waals surface area contributed by atoms with Crippen molar-refractivity contribution < 1.29 is 8.42 Å². The van der Waals surface area contributed by atoms with Gasteiger partial charge in [-0.05, 0) is 46.9 Å². The first-order chi connectivity index (χ1) is 8.01. The summed E-state index contributed by atoms with van der Waals surface area (Å²) in [6, 6.07) is 7.24. The van der Waals surface area contributed by atoms with Gasteiger partial charge in [0.05, 0.1) is 11.9 Å². The second-order valence-electron chi connectivity index (χ2n) is 3.38. The molecular formula is C10H10IN3O2S. The molecule has 2 aromatic rings. The minimum atomic E-state index is -3.52.